The monoisotopic (exact) mass is 298 g/mol. The maximum Gasteiger partial charge on any atom is 0.263 e. The number of hydrogen-bond acceptors (Lipinski definition) is 4. The Labute approximate surface area is 115 Å². The van der Waals surface area contributed by atoms with Gasteiger partial charge in [-0.1, -0.05) is 0 Å². The van der Waals surface area contributed by atoms with Gasteiger partial charge in [-0.05, 0) is 26.0 Å². The molecule has 102 valence electrons. The number of hydrogen-bond donors (Lipinski definition) is 1. The number of pyridine rings is 1. The van der Waals surface area contributed by atoms with Crippen molar-refractivity contribution in [1.29, 1.82) is 0 Å². The molecular weight excluding hydrogens is 284 g/mol. The Hall–Kier alpha value is -1.60. The number of rotatable bonds is 3. The molecule has 0 aliphatic rings. The first-order valence-electron chi connectivity index (χ1n) is 5.56. The molecule has 5 nitrogen and oxygen atoms in total. The Bertz CT molecular complexity index is 773. The molecule has 0 fully saturated rings. The van der Waals surface area contributed by atoms with Crippen LogP contribution in [0.25, 0.3) is 0 Å². The zero-order chi connectivity index (χ0) is 14.2. The normalized spacial score (nSPS) is 11.5. The maximum atomic E-state index is 12.2. The first kappa shape index (κ1) is 13.8. The van der Waals surface area contributed by atoms with Gasteiger partial charge in [-0.15, -0.1) is 11.3 Å². The summed E-state index contributed by atoms with van der Waals surface area (Å²) in [6.07, 6.45) is 1.45. The molecule has 2 heterocycles. The van der Waals surface area contributed by atoms with Crippen LogP contribution in [0.1, 0.15) is 9.75 Å². The summed E-state index contributed by atoms with van der Waals surface area (Å²) in [4.78, 5) is 13.2. The summed E-state index contributed by atoms with van der Waals surface area (Å²) in [5.41, 5.74) is 0.177. The van der Waals surface area contributed by atoms with Gasteiger partial charge in [0.1, 0.15) is 4.90 Å². The van der Waals surface area contributed by atoms with E-state index in [0.717, 1.165) is 9.75 Å². The number of sulfonamides is 1. The van der Waals surface area contributed by atoms with E-state index < -0.39 is 10.0 Å². The number of aromatic nitrogens is 1. The Morgan fingerprint density at radius 2 is 1.95 bits per heavy atom. The van der Waals surface area contributed by atoms with E-state index in [2.05, 4.69) is 4.72 Å². The molecule has 0 aromatic carbocycles. The van der Waals surface area contributed by atoms with Crippen molar-refractivity contribution < 1.29 is 8.42 Å². The smallest absolute Gasteiger partial charge is 0.263 e. The number of thiophene rings is 1. The fourth-order valence-electron chi connectivity index (χ4n) is 1.74. The molecule has 0 amide bonds. The fourth-order valence-corrected chi connectivity index (χ4v) is 4.34. The summed E-state index contributed by atoms with van der Waals surface area (Å²) in [7, 11) is -2.04. The van der Waals surface area contributed by atoms with Crippen molar-refractivity contribution in [3.63, 3.8) is 0 Å². The largest absolute Gasteiger partial charge is 0.316 e. The molecule has 2 aromatic heterocycles. The molecule has 0 atom stereocenters. The second kappa shape index (κ2) is 4.82. The average Bonchev–Trinajstić information content (AvgIpc) is 2.63. The van der Waals surface area contributed by atoms with Crippen LogP contribution in [0, 0.1) is 13.8 Å². The Morgan fingerprint density at radius 3 is 2.47 bits per heavy atom. The highest BCUT2D eigenvalue weighted by Crippen LogP contribution is 2.26. The van der Waals surface area contributed by atoms with E-state index in [-0.39, 0.29) is 10.5 Å². The number of aryl methyl sites for hydroxylation is 3. The topological polar surface area (TPSA) is 68.2 Å². The van der Waals surface area contributed by atoms with Crippen LogP contribution in [0.2, 0.25) is 0 Å². The molecule has 7 heteroatoms. The molecule has 0 bridgehead atoms. The summed E-state index contributed by atoms with van der Waals surface area (Å²) < 4.78 is 28.3. The van der Waals surface area contributed by atoms with Gasteiger partial charge < -0.3 is 4.57 Å². The van der Waals surface area contributed by atoms with E-state index in [4.69, 9.17) is 0 Å². The van der Waals surface area contributed by atoms with E-state index in [1.807, 2.05) is 6.92 Å². The van der Waals surface area contributed by atoms with Gasteiger partial charge in [-0.25, -0.2) is 8.42 Å². The Kier molecular flexibility index (Phi) is 3.51. The van der Waals surface area contributed by atoms with Crippen LogP contribution < -0.4 is 10.3 Å². The van der Waals surface area contributed by atoms with Crippen molar-refractivity contribution in [3.05, 3.63) is 44.5 Å². The summed E-state index contributed by atoms with van der Waals surface area (Å²) >= 11 is 1.44. The van der Waals surface area contributed by atoms with Crippen molar-refractivity contribution in [2.45, 2.75) is 18.7 Å². The molecule has 0 unspecified atom stereocenters. The molecule has 19 heavy (non-hydrogen) atoms. The summed E-state index contributed by atoms with van der Waals surface area (Å²) in [6.45, 7) is 3.63. The van der Waals surface area contributed by atoms with E-state index in [1.54, 1.807) is 20.0 Å². The van der Waals surface area contributed by atoms with Crippen LogP contribution in [-0.4, -0.2) is 13.0 Å². The lowest BCUT2D eigenvalue weighted by Gasteiger charge is -2.08. The van der Waals surface area contributed by atoms with Crippen LogP contribution in [0.5, 0.6) is 0 Å². The Balaban J connectivity index is 2.39. The second-order valence-electron chi connectivity index (χ2n) is 4.25. The van der Waals surface area contributed by atoms with E-state index in [0.29, 0.717) is 5.69 Å². The maximum absolute atomic E-state index is 12.2. The van der Waals surface area contributed by atoms with Crippen molar-refractivity contribution in [2.24, 2.45) is 7.05 Å². The van der Waals surface area contributed by atoms with Gasteiger partial charge in [0.05, 0.1) is 5.69 Å². The molecule has 0 aliphatic heterocycles. The number of nitrogens with one attached hydrogen (secondary N) is 1. The molecular formula is C12H14N2O3S2. The van der Waals surface area contributed by atoms with Gasteiger partial charge in [0.15, 0.2) is 0 Å². The van der Waals surface area contributed by atoms with E-state index >= 15 is 0 Å². The highest BCUT2D eigenvalue weighted by atomic mass is 32.2. The first-order valence-corrected chi connectivity index (χ1v) is 7.86. The lowest BCUT2D eigenvalue weighted by Crippen LogP contribution is -2.18. The van der Waals surface area contributed by atoms with Gasteiger partial charge >= 0.3 is 0 Å². The number of nitrogens with zero attached hydrogens (tertiary/aromatic N) is 1. The van der Waals surface area contributed by atoms with Gasteiger partial charge in [-0.2, -0.15) is 0 Å². The van der Waals surface area contributed by atoms with Crippen LogP contribution in [0.4, 0.5) is 5.69 Å². The highest BCUT2D eigenvalue weighted by Gasteiger charge is 2.19. The average molecular weight is 298 g/mol. The molecule has 1 N–H and O–H groups in total. The van der Waals surface area contributed by atoms with Crippen molar-refractivity contribution in [1.82, 2.24) is 4.57 Å². The zero-order valence-electron chi connectivity index (χ0n) is 10.8. The molecule has 0 spiro atoms. The first-order chi connectivity index (χ1) is 8.79. The van der Waals surface area contributed by atoms with Gasteiger partial charge in [0, 0.05) is 29.1 Å². The second-order valence-corrected chi connectivity index (χ2v) is 7.36. The van der Waals surface area contributed by atoms with Crippen molar-refractivity contribution in [2.75, 3.05) is 4.72 Å². The van der Waals surface area contributed by atoms with Crippen LogP contribution in [-0.2, 0) is 17.1 Å². The zero-order valence-corrected chi connectivity index (χ0v) is 12.4. The third-order valence-electron chi connectivity index (χ3n) is 2.62. The minimum absolute atomic E-state index is 0.189. The number of anilines is 1. The van der Waals surface area contributed by atoms with E-state index in [9.17, 15) is 13.2 Å². The molecule has 0 saturated heterocycles. The summed E-state index contributed by atoms with van der Waals surface area (Å²) in [5.74, 6) is 0. The minimum Gasteiger partial charge on any atom is -0.316 e. The Morgan fingerprint density at radius 1 is 1.26 bits per heavy atom. The third kappa shape index (κ3) is 2.87. The van der Waals surface area contributed by atoms with Crippen LogP contribution >= 0.6 is 11.3 Å². The van der Waals surface area contributed by atoms with Gasteiger partial charge in [0.2, 0.25) is 5.56 Å². The minimum atomic E-state index is -3.61. The molecule has 2 rings (SSSR count). The van der Waals surface area contributed by atoms with E-state index in [1.165, 1.54) is 34.2 Å². The summed E-state index contributed by atoms with van der Waals surface area (Å²) in [5, 5.41) is 0. The quantitative estimate of drug-likeness (QED) is 0.940. The summed E-state index contributed by atoms with van der Waals surface area (Å²) in [6, 6.07) is 4.42. The van der Waals surface area contributed by atoms with Crippen molar-refractivity contribution in [3.8, 4) is 0 Å². The molecule has 0 saturated carbocycles. The SMILES string of the molecule is Cc1cc(S(=O)(=O)Nc2ccc(=O)n(C)c2)c(C)s1. The lowest BCUT2D eigenvalue weighted by molar-refractivity contribution is 0.601. The van der Waals surface area contributed by atoms with Gasteiger partial charge in [-0.3, -0.25) is 9.52 Å². The predicted octanol–water partition coefficient (Wildman–Crippen LogP) is 1.86. The highest BCUT2D eigenvalue weighted by molar-refractivity contribution is 7.93. The van der Waals surface area contributed by atoms with Gasteiger partial charge in [0.25, 0.3) is 10.0 Å². The fraction of sp³-hybridized carbons (Fsp3) is 0.250. The van der Waals surface area contributed by atoms with Crippen molar-refractivity contribution >= 4 is 27.0 Å². The standard InChI is InChI=1S/C12H14N2O3S2/c1-8-6-11(9(2)18-8)19(16,17)13-10-4-5-12(15)14(3)7-10/h4-7,13H,1-3H3. The van der Waals surface area contributed by atoms with Crippen LogP contribution in [0.15, 0.2) is 34.1 Å². The lowest BCUT2D eigenvalue weighted by atomic mass is 10.4. The van der Waals surface area contributed by atoms with Crippen LogP contribution in [0.3, 0.4) is 0 Å². The molecule has 0 aliphatic carbocycles. The predicted molar refractivity (Wildman–Crippen MR) is 76.3 cm³/mol. The third-order valence-corrected chi connectivity index (χ3v) is 5.23. The molecule has 0 radical (unpaired) electrons. The molecule has 2 aromatic rings.